The van der Waals surface area contributed by atoms with Crippen LogP contribution < -0.4 is 5.43 Å². The van der Waals surface area contributed by atoms with Crippen molar-refractivity contribution >= 4 is 29.8 Å². The fourth-order valence-electron chi connectivity index (χ4n) is 1.94. The smallest absolute Gasteiger partial charge is 0.328 e. The number of nitrogens with zero attached hydrogens (tertiary/aromatic N) is 3. The maximum atomic E-state index is 11.9. The number of allylic oxidation sites excluding steroid dienone is 1. The second-order valence-corrected chi connectivity index (χ2v) is 5.36. The molecule has 6 nitrogen and oxygen atoms in total. The standard InChI is InChI=1S/C18H13ClN4O2/c19-15-10-8-14(9-11-15)16-21-18(25-23-16)17(24)22-20-12-4-7-13-5-2-1-3-6-13/h1-12H,(H,22,24)/b7-4+,20-12+. The predicted octanol–water partition coefficient (Wildman–Crippen LogP) is 3.82. The first-order valence-corrected chi connectivity index (χ1v) is 7.75. The van der Waals surface area contributed by atoms with Crippen LogP contribution in [0.1, 0.15) is 16.2 Å². The summed E-state index contributed by atoms with van der Waals surface area (Å²) in [5.74, 6) is -0.457. The Hall–Kier alpha value is -3.25. The molecule has 1 heterocycles. The van der Waals surface area contributed by atoms with E-state index >= 15 is 0 Å². The molecular weight excluding hydrogens is 340 g/mol. The molecule has 0 aliphatic carbocycles. The van der Waals surface area contributed by atoms with Gasteiger partial charge in [0.2, 0.25) is 5.82 Å². The molecule has 1 N–H and O–H groups in total. The van der Waals surface area contributed by atoms with Gasteiger partial charge < -0.3 is 4.52 Å². The third-order valence-corrected chi connectivity index (χ3v) is 3.39. The number of rotatable bonds is 5. The molecular formula is C18H13ClN4O2. The summed E-state index contributed by atoms with van der Waals surface area (Å²) in [5.41, 5.74) is 4.05. The van der Waals surface area contributed by atoms with Crippen molar-refractivity contribution in [3.8, 4) is 11.4 Å². The van der Waals surface area contributed by atoms with Crippen LogP contribution in [0.2, 0.25) is 5.02 Å². The van der Waals surface area contributed by atoms with E-state index in [0.717, 1.165) is 5.56 Å². The molecule has 0 aliphatic rings. The SMILES string of the molecule is O=C(N/N=C/C=C/c1ccccc1)c1nc(-c2ccc(Cl)cc2)no1. The number of hydrazone groups is 1. The summed E-state index contributed by atoms with van der Waals surface area (Å²) in [4.78, 5) is 15.9. The summed E-state index contributed by atoms with van der Waals surface area (Å²) in [6.45, 7) is 0. The van der Waals surface area contributed by atoms with Crippen LogP contribution in [0.25, 0.3) is 17.5 Å². The molecule has 0 fully saturated rings. The molecule has 0 atom stereocenters. The van der Waals surface area contributed by atoms with Gasteiger partial charge in [0, 0.05) is 16.8 Å². The normalized spacial score (nSPS) is 11.2. The fraction of sp³-hybridized carbons (Fsp3) is 0. The van der Waals surface area contributed by atoms with Crippen LogP contribution in [-0.4, -0.2) is 22.3 Å². The molecule has 1 amide bonds. The van der Waals surface area contributed by atoms with Crippen LogP contribution in [0, 0.1) is 0 Å². The largest absolute Gasteiger partial charge is 0.329 e. The number of aromatic nitrogens is 2. The lowest BCUT2D eigenvalue weighted by molar-refractivity contribution is 0.0911. The Morgan fingerprint density at radius 1 is 1.12 bits per heavy atom. The highest BCUT2D eigenvalue weighted by Crippen LogP contribution is 2.18. The number of amides is 1. The molecule has 0 saturated heterocycles. The summed E-state index contributed by atoms with van der Waals surface area (Å²) in [6, 6.07) is 16.6. The van der Waals surface area contributed by atoms with Gasteiger partial charge in [-0.3, -0.25) is 4.79 Å². The van der Waals surface area contributed by atoms with Crippen molar-refractivity contribution in [2.24, 2.45) is 5.10 Å². The van der Waals surface area contributed by atoms with E-state index in [1.165, 1.54) is 6.21 Å². The first-order valence-electron chi connectivity index (χ1n) is 7.37. The molecule has 0 radical (unpaired) electrons. The number of carbonyl (C=O) groups excluding carboxylic acids is 1. The maximum Gasteiger partial charge on any atom is 0.329 e. The maximum absolute atomic E-state index is 11.9. The number of hydrogen-bond acceptors (Lipinski definition) is 5. The zero-order chi connectivity index (χ0) is 17.5. The lowest BCUT2D eigenvalue weighted by Gasteiger charge is -1.93. The Kier molecular flexibility index (Phi) is 5.33. The molecule has 2 aromatic carbocycles. The minimum absolute atomic E-state index is 0.172. The second-order valence-electron chi connectivity index (χ2n) is 4.92. The number of benzene rings is 2. The quantitative estimate of drug-likeness (QED) is 0.559. The van der Waals surface area contributed by atoms with Crippen LogP contribution >= 0.6 is 11.6 Å². The topological polar surface area (TPSA) is 80.4 Å². The molecule has 3 rings (SSSR count). The van der Waals surface area contributed by atoms with Gasteiger partial charge in [0.05, 0.1) is 0 Å². The summed E-state index contributed by atoms with van der Waals surface area (Å²) >= 11 is 5.83. The Balaban J connectivity index is 1.57. The zero-order valence-corrected chi connectivity index (χ0v) is 13.7. The average Bonchev–Trinajstić information content (AvgIpc) is 3.13. The third-order valence-electron chi connectivity index (χ3n) is 3.14. The summed E-state index contributed by atoms with van der Waals surface area (Å²) < 4.78 is 4.94. The third kappa shape index (κ3) is 4.62. The molecule has 3 aromatic rings. The lowest BCUT2D eigenvalue weighted by atomic mass is 10.2. The van der Waals surface area contributed by atoms with Gasteiger partial charge in [0.1, 0.15) is 0 Å². The highest BCUT2D eigenvalue weighted by atomic mass is 35.5. The Morgan fingerprint density at radius 2 is 1.88 bits per heavy atom. The fourth-order valence-corrected chi connectivity index (χ4v) is 2.06. The van der Waals surface area contributed by atoms with Crippen molar-refractivity contribution in [2.45, 2.75) is 0 Å². The molecule has 25 heavy (non-hydrogen) atoms. The van der Waals surface area contributed by atoms with E-state index in [1.54, 1.807) is 30.3 Å². The van der Waals surface area contributed by atoms with Gasteiger partial charge in [-0.05, 0) is 35.9 Å². The van der Waals surface area contributed by atoms with E-state index in [0.29, 0.717) is 16.4 Å². The van der Waals surface area contributed by atoms with Crippen LogP contribution in [0.5, 0.6) is 0 Å². The summed E-state index contributed by atoms with van der Waals surface area (Å²) in [5, 5.41) is 8.17. The van der Waals surface area contributed by atoms with Crippen molar-refractivity contribution in [3.63, 3.8) is 0 Å². The van der Waals surface area contributed by atoms with Crippen LogP contribution in [0.3, 0.4) is 0 Å². The van der Waals surface area contributed by atoms with Gasteiger partial charge in [-0.15, -0.1) is 0 Å². The predicted molar refractivity (Wildman–Crippen MR) is 96.2 cm³/mol. The molecule has 0 saturated carbocycles. The van der Waals surface area contributed by atoms with Crippen molar-refractivity contribution in [3.05, 3.63) is 77.2 Å². The van der Waals surface area contributed by atoms with Gasteiger partial charge in [-0.1, -0.05) is 53.2 Å². The number of halogens is 1. The molecule has 0 unspecified atom stereocenters. The summed E-state index contributed by atoms with van der Waals surface area (Å²) in [7, 11) is 0. The minimum Gasteiger partial charge on any atom is -0.328 e. The Morgan fingerprint density at radius 3 is 2.64 bits per heavy atom. The lowest BCUT2D eigenvalue weighted by Crippen LogP contribution is -2.17. The Labute approximate surface area is 148 Å². The highest BCUT2D eigenvalue weighted by Gasteiger charge is 2.15. The van der Waals surface area contributed by atoms with Gasteiger partial charge in [0.25, 0.3) is 0 Å². The molecule has 1 aromatic heterocycles. The van der Waals surface area contributed by atoms with E-state index in [9.17, 15) is 4.79 Å². The van der Waals surface area contributed by atoms with E-state index in [-0.39, 0.29) is 5.89 Å². The number of hydrogen-bond donors (Lipinski definition) is 1. The van der Waals surface area contributed by atoms with E-state index in [4.69, 9.17) is 16.1 Å². The van der Waals surface area contributed by atoms with Crippen molar-refractivity contribution < 1.29 is 9.32 Å². The average molecular weight is 353 g/mol. The van der Waals surface area contributed by atoms with Crippen molar-refractivity contribution in [2.75, 3.05) is 0 Å². The number of carbonyl (C=O) groups is 1. The van der Waals surface area contributed by atoms with Gasteiger partial charge in [-0.2, -0.15) is 10.1 Å². The van der Waals surface area contributed by atoms with Crippen molar-refractivity contribution in [1.82, 2.24) is 15.6 Å². The molecule has 0 spiro atoms. The van der Waals surface area contributed by atoms with Gasteiger partial charge in [-0.25, -0.2) is 5.43 Å². The second kappa shape index (κ2) is 8.03. The van der Waals surface area contributed by atoms with Crippen molar-refractivity contribution in [1.29, 1.82) is 0 Å². The van der Waals surface area contributed by atoms with Crippen LogP contribution in [0.4, 0.5) is 0 Å². The van der Waals surface area contributed by atoms with Gasteiger partial charge >= 0.3 is 11.8 Å². The van der Waals surface area contributed by atoms with E-state index in [1.807, 2.05) is 36.4 Å². The zero-order valence-electron chi connectivity index (χ0n) is 13.0. The first-order chi connectivity index (χ1) is 12.2. The molecule has 0 aliphatic heterocycles. The highest BCUT2D eigenvalue weighted by molar-refractivity contribution is 6.30. The van der Waals surface area contributed by atoms with E-state index in [2.05, 4.69) is 20.7 Å². The molecule has 124 valence electrons. The van der Waals surface area contributed by atoms with Crippen LogP contribution in [0.15, 0.2) is 70.3 Å². The number of nitrogens with one attached hydrogen (secondary N) is 1. The minimum atomic E-state index is -0.586. The van der Waals surface area contributed by atoms with Gasteiger partial charge in [0.15, 0.2) is 0 Å². The Bertz CT molecular complexity index is 902. The summed E-state index contributed by atoms with van der Waals surface area (Å²) in [6.07, 6.45) is 5.03. The first kappa shape index (κ1) is 16.6. The molecule has 0 bridgehead atoms. The van der Waals surface area contributed by atoms with E-state index < -0.39 is 5.91 Å². The molecule has 7 heteroatoms. The monoisotopic (exact) mass is 352 g/mol. The van der Waals surface area contributed by atoms with Crippen LogP contribution in [-0.2, 0) is 0 Å².